The van der Waals surface area contributed by atoms with Gasteiger partial charge in [-0.3, -0.25) is 4.79 Å². The summed E-state index contributed by atoms with van der Waals surface area (Å²) in [4.78, 5) is 12.2. The fourth-order valence-electron chi connectivity index (χ4n) is 2.78. The maximum atomic E-state index is 12.2. The van der Waals surface area contributed by atoms with Crippen molar-refractivity contribution in [1.82, 2.24) is 5.32 Å². The Bertz CT molecular complexity index is 495. The number of carbonyl (C=O) groups excluding carboxylic acids is 1. The first-order valence-corrected chi connectivity index (χ1v) is 7.94. The molecule has 102 valence electrons. The van der Waals surface area contributed by atoms with Crippen LogP contribution in [0.3, 0.4) is 0 Å². The van der Waals surface area contributed by atoms with Crippen molar-refractivity contribution in [3.63, 3.8) is 0 Å². The Hall–Kier alpha value is -1.16. The van der Waals surface area contributed by atoms with Crippen molar-refractivity contribution in [3.05, 3.63) is 29.3 Å². The van der Waals surface area contributed by atoms with Gasteiger partial charge in [0.1, 0.15) is 0 Å². The highest BCUT2D eigenvalue weighted by Crippen LogP contribution is 2.37. The molecule has 2 heterocycles. The monoisotopic (exact) mass is 276 g/mol. The summed E-state index contributed by atoms with van der Waals surface area (Å²) in [5.41, 5.74) is 3.20. The highest BCUT2D eigenvalue weighted by Gasteiger charge is 2.29. The van der Waals surface area contributed by atoms with Crippen LogP contribution in [0.25, 0.3) is 0 Å². The molecule has 4 heteroatoms. The molecule has 1 atom stereocenters. The molecule has 1 aromatic carbocycles. The minimum absolute atomic E-state index is 0.0465. The molecule has 0 bridgehead atoms. The second kappa shape index (κ2) is 5.08. The molecular formula is C15H20N2OS. The van der Waals surface area contributed by atoms with E-state index in [1.54, 1.807) is 0 Å². The largest absolute Gasteiger partial charge is 0.384 e. The molecule has 1 amide bonds. The van der Waals surface area contributed by atoms with Gasteiger partial charge >= 0.3 is 0 Å². The third-order valence-electron chi connectivity index (χ3n) is 4.01. The third-order valence-corrected chi connectivity index (χ3v) is 5.54. The maximum Gasteiger partial charge on any atom is 0.251 e. The van der Waals surface area contributed by atoms with Gasteiger partial charge in [0.05, 0.1) is 0 Å². The summed E-state index contributed by atoms with van der Waals surface area (Å²) in [6, 6.07) is 5.98. The van der Waals surface area contributed by atoms with Crippen LogP contribution in [0.4, 0.5) is 5.69 Å². The number of anilines is 1. The van der Waals surface area contributed by atoms with Gasteiger partial charge in [0.15, 0.2) is 0 Å². The number of thioether (sulfide) groups is 1. The second-order valence-corrected chi connectivity index (χ2v) is 7.32. The number of hydrogen-bond acceptors (Lipinski definition) is 3. The first-order chi connectivity index (χ1) is 9.16. The van der Waals surface area contributed by atoms with Crippen molar-refractivity contribution in [3.8, 4) is 0 Å². The van der Waals surface area contributed by atoms with Crippen molar-refractivity contribution in [2.75, 3.05) is 24.2 Å². The zero-order valence-corrected chi connectivity index (χ0v) is 12.1. The molecule has 0 radical (unpaired) electrons. The summed E-state index contributed by atoms with van der Waals surface area (Å²) in [5.74, 6) is 1.26. The van der Waals surface area contributed by atoms with Crippen molar-refractivity contribution in [1.29, 1.82) is 0 Å². The van der Waals surface area contributed by atoms with E-state index in [-0.39, 0.29) is 10.7 Å². The first-order valence-electron chi connectivity index (χ1n) is 6.95. The Balaban J connectivity index is 1.64. The number of fused-ring (bicyclic) bond motifs is 1. The van der Waals surface area contributed by atoms with Crippen LogP contribution in [-0.2, 0) is 6.42 Å². The van der Waals surface area contributed by atoms with E-state index in [0.29, 0.717) is 0 Å². The lowest BCUT2D eigenvalue weighted by molar-refractivity contribution is 0.0950. The molecule has 2 N–H and O–H groups in total. The summed E-state index contributed by atoms with van der Waals surface area (Å²) in [6.45, 7) is 3.99. The molecule has 2 aliphatic rings. The predicted molar refractivity (Wildman–Crippen MR) is 81.1 cm³/mol. The SMILES string of the molecule is CC1(CNC(=O)c2ccc3c(c2)NCC3)CCCS1. The lowest BCUT2D eigenvalue weighted by Gasteiger charge is -2.22. The van der Waals surface area contributed by atoms with Crippen molar-refractivity contribution < 1.29 is 4.79 Å². The quantitative estimate of drug-likeness (QED) is 0.892. The number of amides is 1. The van der Waals surface area contributed by atoms with Crippen LogP contribution >= 0.6 is 11.8 Å². The first kappa shape index (κ1) is 12.9. The third kappa shape index (κ3) is 2.73. The fourth-order valence-corrected chi connectivity index (χ4v) is 4.02. The van der Waals surface area contributed by atoms with E-state index in [2.05, 4.69) is 23.6 Å². The average molecular weight is 276 g/mol. The van der Waals surface area contributed by atoms with Crippen LogP contribution in [0.15, 0.2) is 18.2 Å². The normalized spacial score (nSPS) is 24.9. The smallest absolute Gasteiger partial charge is 0.251 e. The van der Waals surface area contributed by atoms with Gasteiger partial charge in [-0.2, -0.15) is 11.8 Å². The van der Waals surface area contributed by atoms with Crippen LogP contribution in [0.2, 0.25) is 0 Å². The molecule has 1 aromatic rings. The summed E-state index contributed by atoms with van der Waals surface area (Å²) in [7, 11) is 0. The van der Waals surface area contributed by atoms with Crippen LogP contribution in [0, 0.1) is 0 Å². The minimum Gasteiger partial charge on any atom is -0.384 e. The molecule has 1 unspecified atom stereocenters. The molecule has 2 aliphatic heterocycles. The Morgan fingerprint density at radius 2 is 2.42 bits per heavy atom. The highest BCUT2D eigenvalue weighted by molar-refractivity contribution is 8.00. The molecule has 19 heavy (non-hydrogen) atoms. The number of benzene rings is 1. The topological polar surface area (TPSA) is 41.1 Å². The molecule has 0 saturated carbocycles. The standard InChI is InChI=1S/C15H20N2OS/c1-15(6-2-8-19-15)10-17-14(18)12-4-3-11-5-7-16-13(11)9-12/h3-4,9,16H,2,5-8,10H2,1H3,(H,17,18). The van der Waals surface area contributed by atoms with E-state index < -0.39 is 0 Å². The Kier molecular flexibility index (Phi) is 3.44. The van der Waals surface area contributed by atoms with Gasteiger partial charge in [-0.25, -0.2) is 0 Å². The lowest BCUT2D eigenvalue weighted by Crippen LogP contribution is -2.36. The van der Waals surface area contributed by atoms with Gasteiger partial charge in [-0.1, -0.05) is 6.07 Å². The van der Waals surface area contributed by atoms with Crippen LogP contribution in [0.5, 0.6) is 0 Å². The molecule has 3 nitrogen and oxygen atoms in total. The molecule has 0 aromatic heterocycles. The van der Waals surface area contributed by atoms with E-state index in [9.17, 15) is 4.79 Å². The predicted octanol–water partition coefficient (Wildman–Crippen LogP) is 2.67. The molecule has 1 fully saturated rings. The van der Waals surface area contributed by atoms with Gasteiger partial charge in [0, 0.05) is 29.1 Å². The maximum absolute atomic E-state index is 12.2. The van der Waals surface area contributed by atoms with Crippen LogP contribution in [-0.4, -0.2) is 29.5 Å². The number of hydrogen-bond donors (Lipinski definition) is 2. The minimum atomic E-state index is 0.0465. The molecule has 0 spiro atoms. The van der Waals surface area contributed by atoms with E-state index in [1.165, 1.54) is 24.2 Å². The van der Waals surface area contributed by atoms with E-state index >= 15 is 0 Å². The number of nitrogens with one attached hydrogen (secondary N) is 2. The van der Waals surface area contributed by atoms with Gasteiger partial charge in [0.25, 0.3) is 5.91 Å². The summed E-state index contributed by atoms with van der Waals surface area (Å²) in [6.07, 6.45) is 3.52. The van der Waals surface area contributed by atoms with Gasteiger partial charge in [0.2, 0.25) is 0 Å². The van der Waals surface area contributed by atoms with Gasteiger partial charge in [-0.15, -0.1) is 0 Å². The van der Waals surface area contributed by atoms with Crippen LogP contribution in [0.1, 0.15) is 35.7 Å². The Morgan fingerprint density at radius 3 is 3.21 bits per heavy atom. The molecule has 0 aliphatic carbocycles. The van der Waals surface area contributed by atoms with Crippen molar-refractivity contribution in [2.45, 2.75) is 30.9 Å². The second-order valence-electron chi connectivity index (χ2n) is 5.63. The Labute approximate surface area is 118 Å². The zero-order valence-electron chi connectivity index (χ0n) is 11.3. The van der Waals surface area contributed by atoms with Crippen molar-refractivity contribution >= 4 is 23.4 Å². The van der Waals surface area contributed by atoms with Gasteiger partial charge in [-0.05, 0) is 49.6 Å². The summed E-state index contributed by atoms with van der Waals surface area (Å²) >= 11 is 1.97. The van der Waals surface area contributed by atoms with E-state index in [0.717, 1.165) is 30.8 Å². The average Bonchev–Trinajstić information content (AvgIpc) is 3.04. The molecule has 1 saturated heterocycles. The van der Waals surface area contributed by atoms with Crippen molar-refractivity contribution in [2.24, 2.45) is 0 Å². The number of carbonyl (C=O) groups is 1. The number of rotatable bonds is 3. The van der Waals surface area contributed by atoms with E-state index in [4.69, 9.17) is 0 Å². The molecule has 3 rings (SSSR count). The van der Waals surface area contributed by atoms with E-state index in [1.807, 2.05) is 23.9 Å². The Morgan fingerprint density at radius 1 is 1.53 bits per heavy atom. The lowest BCUT2D eigenvalue weighted by atomic mass is 10.1. The van der Waals surface area contributed by atoms with Crippen LogP contribution < -0.4 is 10.6 Å². The summed E-state index contributed by atoms with van der Waals surface area (Å²) < 4.78 is 0.227. The fraction of sp³-hybridized carbons (Fsp3) is 0.533. The highest BCUT2D eigenvalue weighted by atomic mass is 32.2. The molecular weight excluding hydrogens is 256 g/mol. The summed E-state index contributed by atoms with van der Waals surface area (Å²) in [5, 5.41) is 6.40. The van der Waals surface area contributed by atoms with Gasteiger partial charge < -0.3 is 10.6 Å². The zero-order chi connectivity index (χ0) is 13.3.